The van der Waals surface area contributed by atoms with E-state index in [4.69, 9.17) is 16.3 Å². The Hall–Kier alpha value is -1.39. The molecule has 1 heterocycles. The topological polar surface area (TPSA) is 32.7 Å². The van der Waals surface area contributed by atoms with Crippen LogP contribution in [0.2, 0.25) is 5.02 Å². The van der Waals surface area contributed by atoms with Crippen molar-refractivity contribution in [3.05, 3.63) is 70.7 Å². The average Bonchev–Trinajstić information content (AvgIpc) is 2.64. The van der Waals surface area contributed by atoms with Gasteiger partial charge in [0.1, 0.15) is 0 Å². The monoisotopic (exact) mass is 359 g/mol. The summed E-state index contributed by atoms with van der Waals surface area (Å²) >= 11 is 6.05. The molecule has 1 aliphatic heterocycles. The van der Waals surface area contributed by atoms with Crippen LogP contribution in [0.5, 0.6) is 0 Å². The molecule has 0 aliphatic carbocycles. The van der Waals surface area contributed by atoms with E-state index in [9.17, 15) is 5.11 Å². The van der Waals surface area contributed by atoms with Crippen LogP contribution in [0.3, 0.4) is 0 Å². The summed E-state index contributed by atoms with van der Waals surface area (Å²) in [5.74, 6) is 0.0759. The molecule has 4 heteroatoms. The lowest BCUT2D eigenvalue weighted by molar-refractivity contribution is -0.0437. The van der Waals surface area contributed by atoms with Crippen molar-refractivity contribution in [2.45, 2.75) is 18.9 Å². The van der Waals surface area contributed by atoms with E-state index in [1.807, 2.05) is 42.5 Å². The van der Waals surface area contributed by atoms with Crippen LogP contribution in [-0.2, 0) is 16.8 Å². The van der Waals surface area contributed by atoms with E-state index in [1.54, 1.807) is 0 Å². The van der Waals surface area contributed by atoms with E-state index in [0.29, 0.717) is 11.4 Å². The highest BCUT2D eigenvalue weighted by Gasteiger charge is 2.37. The van der Waals surface area contributed by atoms with E-state index in [1.165, 1.54) is 0 Å². The first-order valence-corrected chi connectivity index (χ1v) is 9.28. The third-order valence-electron chi connectivity index (χ3n) is 5.11. The van der Waals surface area contributed by atoms with Gasteiger partial charge in [-0.3, -0.25) is 4.90 Å². The van der Waals surface area contributed by atoms with Crippen LogP contribution in [0, 0.1) is 5.92 Å². The van der Waals surface area contributed by atoms with E-state index < -0.39 is 5.60 Å². The SMILES string of the molecule is C[C@@H](CN1CCOCC1)[C@@](O)(Cc1ccccc1)c1ccc(Cl)cc1. The number of hydrogen-bond donors (Lipinski definition) is 1. The summed E-state index contributed by atoms with van der Waals surface area (Å²) in [5, 5.41) is 12.4. The molecule has 25 heavy (non-hydrogen) atoms. The molecule has 0 radical (unpaired) electrons. The minimum Gasteiger partial charge on any atom is -0.384 e. The Bertz CT molecular complexity index is 655. The van der Waals surface area contributed by atoms with Gasteiger partial charge < -0.3 is 9.84 Å². The van der Waals surface area contributed by atoms with Crippen molar-refractivity contribution in [1.29, 1.82) is 0 Å². The fraction of sp³-hybridized carbons (Fsp3) is 0.429. The summed E-state index contributed by atoms with van der Waals surface area (Å²) in [4.78, 5) is 2.38. The molecule has 3 rings (SSSR count). The van der Waals surface area contributed by atoms with Crippen molar-refractivity contribution in [1.82, 2.24) is 4.90 Å². The zero-order valence-corrected chi connectivity index (χ0v) is 15.5. The lowest BCUT2D eigenvalue weighted by atomic mass is 9.77. The molecular formula is C21H26ClNO2. The number of ether oxygens (including phenoxy) is 1. The lowest BCUT2D eigenvalue weighted by Gasteiger charge is -2.39. The molecule has 2 aromatic rings. The van der Waals surface area contributed by atoms with Gasteiger partial charge >= 0.3 is 0 Å². The molecule has 1 N–H and O–H groups in total. The number of nitrogens with zero attached hydrogens (tertiary/aromatic N) is 1. The van der Waals surface area contributed by atoms with Gasteiger partial charge in [0.25, 0.3) is 0 Å². The number of halogens is 1. The molecule has 0 amide bonds. The highest BCUT2D eigenvalue weighted by Crippen LogP contribution is 2.35. The summed E-state index contributed by atoms with van der Waals surface area (Å²) in [6, 6.07) is 17.8. The van der Waals surface area contributed by atoms with Crippen molar-refractivity contribution in [2.24, 2.45) is 5.92 Å². The molecule has 134 valence electrons. The third kappa shape index (κ3) is 4.62. The number of hydrogen-bond acceptors (Lipinski definition) is 3. The standard InChI is InChI=1S/C21H26ClNO2/c1-17(16-23-11-13-25-14-12-23)21(24,15-18-5-3-2-4-6-18)19-7-9-20(22)10-8-19/h2-10,17,24H,11-16H2,1H3/t17-,21-/m0/s1. The van der Waals surface area contributed by atoms with Crippen LogP contribution in [0.1, 0.15) is 18.1 Å². The number of aliphatic hydroxyl groups is 1. The van der Waals surface area contributed by atoms with E-state index >= 15 is 0 Å². The average molecular weight is 360 g/mol. The van der Waals surface area contributed by atoms with Gasteiger partial charge in [0.15, 0.2) is 0 Å². The first kappa shape index (κ1) is 18.4. The van der Waals surface area contributed by atoms with Crippen molar-refractivity contribution < 1.29 is 9.84 Å². The molecule has 2 atom stereocenters. The maximum Gasteiger partial charge on any atom is 0.0974 e. The highest BCUT2D eigenvalue weighted by atomic mass is 35.5. The predicted molar refractivity (Wildman–Crippen MR) is 102 cm³/mol. The van der Waals surface area contributed by atoms with Gasteiger partial charge in [-0.25, -0.2) is 0 Å². The van der Waals surface area contributed by atoms with Gasteiger partial charge in [0, 0.05) is 37.0 Å². The highest BCUT2D eigenvalue weighted by molar-refractivity contribution is 6.30. The van der Waals surface area contributed by atoms with E-state index in [-0.39, 0.29) is 5.92 Å². The summed E-state index contributed by atoms with van der Waals surface area (Å²) in [5.41, 5.74) is 1.11. The molecule has 0 bridgehead atoms. The van der Waals surface area contributed by atoms with Gasteiger partial charge in [-0.05, 0) is 23.3 Å². The first-order chi connectivity index (χ1) is 12.1. The zero-order valence-electron chi connectivity index (χ0n) is 14.7. The van der Waals surface area contributed by atoms with Gasteiger partial charge in [-0.2, -0.15) is 0 Å². The third-order valence-corrected chi connectivity index (χ3v) is 5.36. The second-order valence-electron chi connectivity index (χ2n) is 6.91. The Morgan fingerprint density at radius 1 is 1.08 bits per heavy atom. The number of rotatable bonds is 6. The molecule has 0 saturated carbocycles. The second kappa shape index (κ2) is 8.33. The van der Waals surface area contributed by atoms with Crippen LogP contribution < -0.4 is 0 Å². The normalized spacial score (nSPS) is 19.3. The Kier molecular flexibility index (Phi) is 6.13. The Labute approximate surface area is 155 Å². The van der Waals surface area contributed by atoms with Crippen LogP contribution in [-0.4, -0.2) is 42.9 Å². The molecule has 3 nitrogen and oxygen atoms in total. The van der Waals surface area contributed by atoms with E-state index in [0.717, 1.165) is 44.0 Å². The quantitative estimate of drug-likeness (QED) is 0.852. The molecule has 0 unspecified atom stereocenters. The Balaban J connectivity index is 1.85. The van der Waals surface area contributed by atoms with Crippen LogP contribution in [0.4, 0.5) is 0 Å². The summed E-state index contributed by atoms with van der Waals surface area (Å²) < 4.78 is 5.44. The Morgan fingerprint density at radius 2 is 1.72 bits per heavy atom. The smallest absolute Gasteiger partial charge is 0.0974 e. The molecule has 1 aliphatic rings. The number of benzene rings is 2. The Morgan fingerprint density at radius 3 is 2.36 bits per heavy atom. The maximum atomic E-state index is 11.7. The molecule has 0 spiro atoms. The molecular weight excluding hydrogens is 334 g/mol. The van der Waals surface area contributed by atoms with Crippen molar-refractivity contribution >= 4 is 11.6 Å². The van der Waals surface area contributed by atoms with Crippen molar-refractivity contribution in [3.8, 4) is 0 Å². The maximum absolute atomic E-state index is 11.7. The minimum absolute atomic E-state index is 0.0759. The lowest BCUT2D eigenvalue weighted by Crippen LogP contribution is -2.46. The van der Waals surface area contributed by atoms with Gasteiger partial charge in [-0.15, -0.1) is 0 Å². The first-order valence-electron chi connectivity index (χ1n) is 8.90. The van der Waals surface area contributed by atoms with Gasteiger partial charge in [-0.1, -0.05) is 61.0 Å². The predicted octanol–water partition coefficient (Wildman–Crippen LogP) is 3.74. The van der Waals surface area contributed by atoms with Crippen LogP contribution >= 0.6 is 11.6 Å². The summed E-state index contributed by atoms with van der Waals surface area (Å²) in [6.45, 7) is 6.36. The van der Waals surface area contributed by atoms with Crippen molar-refractivity contribution in [2.75, 3.05) is 32.8 Å². The largest absolute Gasteiger partial charge is 0.384 e. The molecule has 2 aromatic carbocycles. The molecule has 1 fully saturated rings. The summed E-state index contributed by atoms with van der Waals surface area (Å²) in [7, 11) is 0. The minimum atomic E-state index is -0.940. The summed E-state index contributed by atoms with van der Waals surface area (Å²) in [6.07, 6.45) is 0.584. The molecule has 1 saturated heterocycles. The zero-order chi connectivity index (χ0) is 17.7. The van der Waals surface area contributed by atoms with Gasteiger partial charge in [0.2, 0.25) is 0 Å². The fourth-order valence-electron chi connectivity index (χ4n) is 3.53. The molecule has 0 aromatic heterocycles. The fourth-order valence-corrected chi connectivity index (χ4v) is 3.65. The van der Waals surface area contributed by atoms with Crippen LogP contribution in [0.15, 0.2) is 54.6 Å². The van der Waals surface area contributed by atoms with Crippen molar-refractivity contribution in [3.63, 3.8) is 0 Å². The van der Waals surface area contributed by atoms with Crippen LogP contribution in [0.25, 0.3) is 0 Å². The van der Waals surface area contributed by atoms with Gasteiger partial charge in [0.05, 0.1) is 18.8 Å². The van der Waals surface area contributed by atoms with E-state index in [2.05, 4.69) is 24.0 Å². The number of morpholine rings is 1. The second-order valence-corrected chi connectivity index (χ2v) is 7.34.